The molecule has 18 heavy (non-hydrogen) atoms. The lowest BCUT2D eigenvalue weighted by molar-refractivity contribution is 0.0267. The van der Waals surface area contributed by atoms with Crippen molar-refractivity contribution in [2.45, 2.75) is 51.6 Å². The minimum absolute atomic E-state index is 0.0327. The molecule has 1 aliphatic rings. The number of carbonyl (C=O) groups is 1. The van der Waals surface area contributed by atoms with Gasteiger partial charge in [0.05, 0.1) is 5.56 Å². The maximum atomic E-state index is 13.1. The molecule has 0 bridgehead atoms. The van der Waals surface area contributed by atoms with Crippen LogP contribution in [0.15, 0.2) is 18.2 Å². The van der Waals surface area contributed by atoms with Crippen molar-refractivity contribution in [2.75, 3.05) is 0 Å². The monoisotopic (exact) mass is 250 g/mol. The molecular formula is C15H19FO2. The molecule has 1 saturated carbocycles. The standard InChI is InChI=1S/C15H19FO2/c1-11-10-12(8-9-14(11)16)15(17)18-13-6-4-2-3-5-7-13/h8-10,13H,2-7H2,1H3. The van der Waals surface area contributed by atoms with E-state index < -0.39 is 0 Å². The third-order valence-corrected chi connectivity index (χ3v) is 3.47. The van der Waals surface area contributed by atoms with Gasteiger partial charge in [0.25, 0.3) is 0 Å². The first-order chi connectivity index (χ1) is 8.66. The number of hydrogen-bond donors (Lipinski definition) is 0. The molecule has 0 unspecified atom stereocenters. The molecule has 2 nitrogen and oxygen atoms in total. The molecule has 0 amide bonds. The highest BCUT2D eigenvalue weighted by molar-refractivity contribution is 5.89. The number of esters is 1. The molecule has 1 aromatic rings. The molecule has 98 valence electrons. The molecule has 1 fully saturated rings. The zero-order valence-corrected chi connectivity index (χ0v) is 10.7. The van der Waals surface area contributed by atoms with Gasteiger partial charge in [-0.15, -0.1) is 0 Å². The molecule has 3 heteroatoms. The number of aryl methyl sites for hydroxylation is 1. The topological polar surface area (TPSA) is 26.3 Å². The fourth-order valence-corrected chi connectivity index (χ4v) is 2.35. The van der Waals surface area contributed by atoms with Gasteiger partial charge in [-0.1, -0.05) is 12.8 Å². The van der Waals surface area contributed by atoms with Crippen LogP contribution in [0.25, 0.3) is 0 Å². The Kier molecular flexibility index (Phi) is 4.34. The highest BCUT2D eigenvalue weighted by atomic mass is 19.1. The van der Waals surface area contributed by atoms with Gasteiger partial charge in [-0.05, 0) is 56.4 Å². The van der Waals surface area contributed by atoms with Crippen LogP contribution in [0.2, 0.25) is 0 Å². The lowest BCUT2D eigenvalue weighted by Crippen LogP contribution is -2.17. The highest BCUT2D eigenvalue weighted by Crippen LogP contribution is 2.21. The number of rotatable bonds is 2. The zero-order valence-electron chi connectivity index (χ0n) is 10.7. The van der Waals surface area contributed by atoms with E-state index in [4.69, 9.17) is 4.74 Å². The lowest BCUT2D eigenvalue weighted by Gasteiger charge is -2.15. The Morgan fingerprint density at radius 3 is 2.50 bits per heavy atom. The molecule has 1 aromatic carbocycles. The Bertz CT molecular complexity index is 421. The van der Waals surface area contributed by atoms with Gasteiger partial charge in [0.15, 0.2) is 0 Å². The van der Waals surface area contributed by atoms with Gasteiger partial charge in [0, 0.05) is 0 Å². The molecule has 0 aromatic heterocycles. The molecule has 0 atom stereocenters. The van der Waals surface area contributed by atoms with Crippen LogP contribution in [0.5, 0.6) is 0 Å². The summed E-state index contributed by atoms with van der Waals surface area (Å²) in [6, 6.07) is 4.36. The van der Waals surface area contributed by atoms with E-state index in [1.807, 2.05) is 0 Å². The van der Waals surface area contributed by atoms with Crippen LogP contribution in [0.1, 0.15) is 54.4 Å². The number of hydrogen-bond acceptors (Lipinski definition) is 2. The minimum atomic E-state index is -0.329. The number of halogens is 1. The Balaban J connectivity index is 1.99. The van der Waals surface area contributed by atoms with E-state index in [0.717, 1.165) is 25.7 Å². The first-order valence-corrected chi connectivity index (χ1v) is 6.64. The first-order valence-electron chi connectivity index (χ1n) is 6.64. The van der Waals surface area contributed by atoms with Crippen LogP contribution in [0.3, 0.4) is 0 Å². The summed E-state index contributed by atoms with van der Waals surface area (Å²) in [7, 11) is 0. The van der Waals surface area contributed by atoms with Crippen LogP contribution in [-0.2, 0) is 4.74 Å². The van der Waals surface area contributed by atoms with Crippen LogP contribution in [0, 0.1) is 12.7 Å². The highest BCUT2D eigenvalue weighted by Gasteiger charge is 2.18. The summed E-state index contributed by atoms with van der Waals surface area (Å²) >= 11 is 0. The van der Waals surface area contributed by atoms with Gasteiger partial charge in [0.1, 0.15) is 11.9 Å². The van der Waals surface area contributed by atoms with Crippen molar-refractivity contribution >= 4 is 5.97 Å². The summed E-state index contributed by atoms with van der Waals surface area (Å²) in [6.07, 6.45) is 6.64. The molecule has 2 rings (SSSR count). The number of carbonyl (C=O) groups excluding carboxylic acids is 1. The zero-order chi connectivity index (χ0) is 13.0. The third kappa shape index (κ3) is 3.31. The average Bonchev–Trinajstić information content (AvgIpc) is 2.61. The molecular weight excluding hydrogens is 231 g/mol. The van der Waals surface area contributed by atoms with Gasteiger partial charge >= 0.3 is 5.97 Å². The predicted molar refractivity (Wildman–Crippen MR) is 68.0 cm³/mol. The van der Waals surface area contributed by atoms with Crippen molar-refractivity contribution in [1.29, 1.82) is 0 Å². The normalized spacial score (nSPS) is 17.2. The minimum Gasteiger partial charge on any atom is -0.459 e. The van der Waals surface area contributed by atoms with Gasteiger partial charge < -0.3 is 4.74 Å². The van der Waals surface area contributed by atoms with Crippen LogP contribution in [0.4, 0.5) is 4.39 Å². The fraction of sp³-hybridized carbons (Fsp3) is 0.533. The second-order valence-corrected chi connectivity index (χ2v) is 4.98. The van der Waals surface area contributed by atoms with E-state index >= 15 is 0 Å². The Morgan fingerprint density at radius 2 is 1.89 bits per heavy atom. The summed E-state index contributed by atoms with van der Waals surface area (Å²) < 4.78 is 18.6. The quantitative estimate of drug-likeness (QED) is 0.585. The predicted octanol–water partition coefficient (Wildman–Crippen LogP) is 4.01. The number of benzene rings is 1. The summed E-state index contributed by atoms with van der Waals surface area (Å²) in [6.45, 7) is 1.65. The second-order valence-electron chi connectivity index (χ2n) is 4.98. The second kappa shape index (κ2) is 5.98. The van der Waals surface area contributed by atoms with Gasteiger partial charge in [-0.2, -0.15) is 0 Å². The average molecular weight is 250 g/mol. The molecule has 0 saturated heterocycles. The summed E-state index contributed by atoms with van der Waals surface area (Å²) in [5, 5.41) is 0. The smallest absolute Gasteiger partial charge is 0.338 e. The number of ether oxygens (including phenoxy) is 1. The van der Waals surface area contributed by atoms with Gasteiger partial charge in [-0.25, -0.2) is 9.18 Å². The van der Waals surface area contributed by atoms with Gasteiger partial charge in [-0.3, -0.25) is 0 Å². The summed E-state index contributed by atoms with van der Waals surface area (Å²) in [4.78, 5) is 11.9. The van der Waals surface area contributed by atoms with E-state index in [-0.39, 0.29) is 17.9 Å². The Hall–Kier alpha value is -1.38. The van der Waals surface area contributed by atoms with E-state index in [0.29, 0.717) is 11.1 Å². The van der Waals surface area contributed by atoms with Gasteiger partial charge in [0.2, 0.25) is 0 Å². The molecule has 0 radical (unpaired) electrons. The Morgan fingerprint density at radius 1 is 1.22 bits per heavy atom. The van der Waals surface area contributed by atoms with E-state index in [9.17, 15) is 9.18 Å². The molecule has 0 spiro atoms. The molecule has 0 N–H and O–H groups in total. The van der Waals surface area contributed by atoms with Crippen molar-refractivity contribution in [1.82, 2.24) is 0 Å². The van der Waals surface area contributed by atoms with Crippen LogP contribution < -0.4 is 0 Å². The fourth-order valence-electron chi connectivity index (χ4n) is 2.35. The van der Waals surface area contributed by atoms with Crippen molar-refractivity contribution in [3.05, 3.63) is 35.1 Å². The van der Waals surface area contributed by atoms with E-state index in [1.54, 1.807) is 13.0 Å². The molecule has 1 aliphatic carbocycles. The third-order valence-electron chi connectivity index (χ3n) is 3.47. The lowest BCUT2D eigenvalue weighted by atomic mass is 10.1. The maximum Gasteiger partial charge on any atom is 0.338 e. The summed E-state index contributed by atoms with van der Waals surface area (Å²) in [5.41, 5.74) is 0.920. The van der Waals surface area contributed by atoms with Crippen molar-refractivity contribution in [2.24, 2.45) is 0 Å². The van der Waals surface area contributed by atoms with Crippen LogP contribution >= 0.6 is 0 Å². The van der Waals surface area contributed by atoms with E-state index in [1.165, 1.54) is 25.0 Å². The molecule has 0 aliphatic heterocycles. The first kappa shape index (κ1) is 13.1. The summed E-state index contributed by atoms with van der Waals surface area (Å²) in [5.74, 6) is -0.619. The molecule has 0 heterocycles. The largest absolute Gasteiger partial charge is 0.459 e. The van der Waals surface area contributed by atoms with Crippen molar-refractivity contribution in [3.63, 3.8) is 0 Å². The SMILES string of the molecule is Cc1cc(C(=O)OC2CCCCCC2)ccc1F. The van der Waals surface area contributed by atoms with Crippen molar-refractivity contribution < 1.29 is 13.9 Å². The maximum absolute atomic E-state index is 13.1. The van der Waals surface area contributed by atoms with Crippen LogP contribution in [-0.4, -0.2) is 12.1 Å². The van der Waals surface area contributed by atoms with Crippen molar-refractivity contribution in [3.8, 4) is 0 Å². The Labute approximate surface area is 107 Å². The van der Waals surface area contributed by atoms with E-state index in [2.05, 4.69) is 0 Å².